The predicted octanol–water partition coefficient (Wildman–Crippen LogP) is 1.10. The van der Waals surface area contributed by atoms with Gasteiger partial charge in [-0.3, -0.25) is 0 Å². The number of aliphatic hydroxyl groups is 1. The maximum Gasteiger partial charge on any atom is 0.0644 e. The summed E-state index contributed by atoms with van der Waals surface area (Å²) in [7, 11) is 0. The molecule has 2 aliphatic rings. The van der Waals surface area contributed by atoms with Crippen molar-refractivity contribution in [1.29, 1.82) is 0 Å². The van der Waals surface area contributed by atoms with Crippen LogP contribution in [0.3, 0.4) is 0 Å². The van der Waals surface area contributed by atoms with Crippen molar-refractivity contribution in [3.05, 3.63) is 0 Å². The molecule has 0 bridgehead atoms. The van der Waals surface area contributed by atoms with Gasteiger partial charge in [0.1, 0.15) is 0 Å². The van der Waals surface area contributed by atoms with E-state index in [0.717, 1.165) is 32.4 Å². The van der Waals surface area contributed by atoms with Crippen LogP contribution in [0.15, 0.2) is 0 Å². The zero-order chi connectivity index (χ0) is 10.9. The summed E-state index contributed by atoms with van der Waals surface area (Å²) in [6.07, 6.45) is 6.76. The molecule has 0 amide bonds. The molecule has 2 rings (SSSR count). The second-order valence-electron chi connectivity index (χ2n) is 5.61. The molecular formula is C12H24N2O. The van der Waals surface area contributed by atoms with Crippen LogP contribution in [0.25, 0.3) is 0 Å². The molecule has 2 fully saturated rings. The van der Waals surface area contributed by atoms with E-state index in [4.69, 9.17) is 5.73 Å². The van der Waals surface area contributed by atoms with Crippen molar-refractivity contribution in [3.8, 4) is 0 Å². The molecule has 3 nitrogen and oxygen atoms in total. The minimum absolute atomic E-state index is 0.409. The van der Waals surface area contributed by atoms with Crippen LogP contribution in [0.2, 0.25) is 0 Å². The molecule has 1 saturated heterocycles. The van der Waals surface area contributed by atoms with Gasteiger partial charge in [-0.2, -0.15) is 0 Å². The highest BCUT2D eigenvalue weighted by molar-refractivity contribution is 4.88. The molecule has 0 radical (unpaired) electrons. The molecule has 0 spiro atoms. The quantitative estimate of drug-likeness (QED) is 0.684. The van der Waals surface area contributed by atoms with E-state index in [2.05, 4.69) is 4.90 Å². The second kappa shape index (κ2) is 4.40. The van der Waals surface area contributed by atoms with Crippen LogP contribution in [0, 0.1) is 0 Å². The average molecular weight is 212 g/mol. The van der Waals surface area contributed by atoms with Gasteiger partial charge >= 0.3 is 0 Å². The summed E-state index contributed by atoms with van der Waals surface area (Å²) in [4.78, 5) is 2.54. The molecule has 1 heterocycles. The van der Waals surface area contributed by atoms with E-state index in [1.165, 1.54) is 19.3 Å². The Kier molecular flexibility index (Phi) is 3.33. The monoisotopic (exact) mass is 212 g/mol. The van der Waals surface area contributed by atoms with Gasteiger partial charge in [0.15, 0.2) is 0 Å². The number of nitrogens with zero attached hydrogens (tertiary/aromatic N) is 1. The summed E-state index contributed by atoms with van der Waals surface area (Å²) in [6.45, 7) is 4.05. The standard InChI is InChI=1S/C12H24N2O/c1-12(15)5-7-14(8-6-12)11-4-2-3-10(13)9-11/h10-11,15H,2-9,13H2,1H3. The molecule has 1 aliphatic carbocycles. The Morgan fingerprint density at radius 1 is 1.27 bits per heavy atom. The third kappa shape index (κ3) is 2.92. The molecule has 3 heteroatoms. The van der Waals surface area contributed by atoms with Crippen molar-refractivity contribution in [2.45, 2.75) is 63.1 Å². The molecule has 1 aliphatic heterocycles. The summed E-state index contributed by atoms with van der Waals surface area (Å²) in [5.74, 6) is 0. The van der Waals surface area contributed by atoms with Gasteiger partial charge in [-0.25, -0.2) is 0 Å². The van der Waals surface area contributed by atoms with Crippen LogP contribution < -0.4 is 5.73 Å². The fourth-order valence-corrected chi connectivity index (χ4v) is 2.90. The summed E-state index contributed by atoms with van der Waals surface area (Å²) in [5, 5.41) is 9.89. The molecule has 1 saturated carbocycles. The van der Waals surface area contributed by atoms with Crippen molar-refractivity contribution >= 4 is 0 Å². The maximum atomic E-state index is 9.89. The first-order valence-electron chi connectivity index (χ1n) is 6.29. The Morgan fingerprint density at radius 2 is 1.93 bits per heavy atom. The van der Waals surface area contributed by atoms with Crippen molar-refractivity contribution in [2.75, 3.05) is 13.1 Å². The smallest absolute Gasteiger partial charge is 0.0644 e. The van der Waals surface area contributed by atoms with Gasteiger partial charge in [0, 0.05) is 25.2 Å². The summed E-state index contributed by atoms with van der Waals surface area (Å²) in [5.41, 5.74) is 5.59. The lowest BCUT2D eigenvalue weighted by molar-refractivity contribution is -0.0215. The lowest BCUT2D eigenvalue weighted by Gasteiger charge is -2.42. The highest BCUT2D eigenvalue weighted by Crippen LogP contribution is 2.28. The molecule has 2 unspecified atom stereocenters. The van der Waals surface area contributed by atoms with Gasteiger partial charge in [0.2, 0.25) is 0 Å². The van der Waals surface area contributed by atoms with E-state index >= 15 is 0 Å². The Morgan fingerprint density at radius 3 is 2.53 bits per heavy atom. The van der Waals surface area contributed by atoms with Crippen LogP contribution in [-0.4, -0.2) is 40.8 Å². The van der Waals surface area contributed by atoms with E-state index in [9.17, 15) is 5.11 Å². The SMILES string of the molecule is CC1(O)CCN(C2CCCC(N)C2)CC1. The lowest BCUT2D eigenvalue weighted by atomic mass is 9.87. The Labute approximate surface area is 92.6 Å². The maximum absolute atomic E-state index is 9.89. The number of nitrogens with two attached hydrogens (primary N) is 1. The van der Waals surface area contributed by atoms with Gasteiger partial charge in [-0.05, 0) is 39.0 Å². The Hall–Kier alpha value is -0.120. The predicted molar refractivity (Wildman–Crippen MR) is 61.7 cm³/mol. The fourth-order valence-electron chi connectivity index (χ4n) is 2.90. The van der Waals surface area contributed by atoms with Crippen LogP contribution >= 0.6 is 0 Å². The lowest BCUT2D eigenvalue weighted by Crippen LogP contribution is -2.49. The molecule has 2 atom stereocenters. The first-order valence-corrected chi connectivity index (χ1v) is 6.29. The number of piperidine rings is 1. The summed E-state index contributed by atoms with van der Waals surface area (Å²) < 4.78 is 0. The van der Waals surface area contributed by atoms with Gasteiger partial charge in [0.05, 0.1) is 5.60 Å². The van der Waals surface area contributed by atoms with Gasteiger partial charge in [-0.15, -0.1) is 0 Å². The first-order chi connectivity index (χ1) is 7.07. The molecule has 0 aromatic rings. The minimum Gasteiger partial charge on any atom is -0.390 e. The van der Waals surface area contributed by atoms with Crippen LogP contribution in [0.5, 0.6) is 0 Å². The van der Waals surface area contributed by atoms with Crippen molar-refractivity contribution in [1.82, 2.24) is 4.90 Å². The highest BCUT2D eigenvalue weighted by atomic mass is 16.3. The molecule has 0 aromatic carbocycles. The third-order valence-electron chi connectivity index (χ3n) is 4.08. The van der Waals surface area contributed by atoms with E-state index < -0.39 is 5.60 Å². The van der Waals surface area contributed by atoms with E-state index in [-0.39, 0.29) is 0 Å². The average Bonchev–Trinajstić information content (AvgIpc) is 2.17. The van der Waals surface area contributed by atoms with Gasteiger partial charge < -0.3 is 15.7 Å². The molecule has 0 aromatic heterocycles. The Bertz CT molecular complexity index is 208. The van der Waals surface area contributed by atoms with Gasteiger partial charge in [0.25, 0.3) is 0 Å². The van der Waals surface area contributed by atoms with E-state index in [0.29, 0.717) is 12.1 Å². The zero-order valence-corrected chi connectivity index (χ0v) is 9.78. The number of hydrogen-bond donors (Lipinski definition) is 2. The van der Waals surface area contributed by atoms with E-state index in [1.807, 2.05) is 6.92 Å². The van der Waals surface area contributed by atoms with Crippen molar-refractivity contribution in [3.63, 3.8) is 0 Å². The topological polar surface area (TPSA) is 49.5 Å². The minimum atomic E-state index is -0.423. The molecular weight excluding hydrogens is 188 g/mol. The van der Waals surface area contributed by atoms with Crippen LogP contribution in [0.1, 0.15) is 45.4 Å². The van der Waals surface area contributed by atoms with Crippen LogP contribution in [0.4, 0.5) is 0 Å². The number of hydrogen-bond acceptors (Lipinski definition) is 3. The number of likely N-dealkylation sites (tertiary alicyclic amines) is 1. The second-order valence-corrected chi connectivity index (χ2v) is 5.61. The Balaban J connectivity index is 1.84. The fraction of sp³-hybridized carbons (Fsp3) is 1.00. The normalized spacial score (nSPS) is 37.8. The number of rotatable bonds is 1. The molecule has 88 valence electrons. The molecule has 3 N–H and O–H groups in total. The first kappa shape index (κ1) is 11.4. The largest absolute Gasteiger partial charge is 0.390 e. The highest BCUT2D eigenvalue weighted by Gasteiger charge is 2.32. The third-order valence-corrected chi connectivity index (χ3v) is 4.08. The zero-order valence-electron chi connectivity index (χ0n) is 9.78. The summed E-state index contributed by atoms with van der Waals surface area (Å²) in [6, 6.07) is 1.09. The van der Waals surface area contributed by atoms with Gasteiger partial charge in [-0.1, -0.05) is 6.42 Å². The van der Waals surface area contributed by atoms with Crippen molar-refractivity contribution in [2.24, 2.45) is 5.73 Å². The van der Waals surface area contributed by atoms with Crippen LogP contribution in [-0.2, 0) is 0 Å². The van der Waals surface area contributed by atoms with E-state index in [1.54, 1.807) is 0 Å². The van der Waals surface area contributed by atoms with Crippen molar-refractivity contribution < 1.29 is 5.11 Å². The summed E-state index contributed by atoms with van der Waals surface area (Å²) >= 11 is 0. The molecule has 15 heavy (non-hydrogen) atoms.